The quantitative estimate of drug-likeness (QED) is 0.911. The molecule has 0 saturated heterocycles. The van der Waals surface area contributed by atoms with Gasteiger partial charge in [0.05, 0.1) is 5.52 Å². The van der Waals surface area contributed by atoms with Crippen molar-refractivity contribution >= 4 is 16.8 Å². The van der Waals surface area contributed by atoms with E-state index in [2.05, 4.69) is 17.1 Å². The smallest absolute Gasteiger partial charge is 0.274 e. The van der Waals surface area contributed by atoms with Crippen LogP contribution in [0.3, 0.4) is 0 Å². The van der Waals surface area contributed by atoms with Crippen LogP contribution in [0.1, 0.15) is 43.1 Å². The molecule has 0 bridgehead atoms. The minimum Gasteiger partial charge on any atom is -0.337 e. The molecule has 0 radical (unpaired) electrons. The standard InChI is InChI=1S/C16H21N3O/c1-11-7-9-12(10-8-11)19(2)16(20)15-13-5-3-4-6-14(13)17-18-15/h3-6,11-12H,7-10H2,1-2H3,(H,17,18). The summed E-state index contributed by atoms with van der Waals surface area (Å²) >= 11 is 0. The summed E-state index contributed by atoms with van der Waals surface area (Å²) in [5.74, 6) is 0.822. The molecule has 0 aliphatic heterocycles. The maximum absolute atomic E-state index is 12.6. The Morgan fingerprint density at radius 1 is 1.25 bits per heavy atom. The van der Waals surface area contributed by atoms with Gasteiger partial charge in [-0.2, -0.15) is 5.10 Å². The number of para-hydroxylation sites is 1. The first-order chi connectivity index (χ1) is 9.66. The fraction of sp³-hybridized carbons (Fsp3) is 0.500. The third-order valence-electron chi connectivity index (χ3n) is 4.53. The van der Waals surface area contributed by atoms with Gasteiger partial charge in [0.1, 0.15) is 0 Å². The molecule has 0 atom stereocenters. The summed E-state index contributed by atoms with van der Waals surface area (Å²) in [4.78, 5) is 14.5. The van der Waals surface area contributed by atoms with Gasteiger partial charge < -0.3 is 4.90 Å². The molecule has 1 aromatic carbocycles. The zero-order valence-corrected chi connectivity index (χ0v) is 12.1. The van der Waals surface area contributed by atoms with Crippen molar-refractivity contribution in [3.63, 3.8) is 0 Å². The van der Waals surface area contributed by atoms with Crippen molar-refractivity contribution in [3.8, 4) is 0 Å². The van der Waals surface area contributed by atoms with Gasteiger partial charge in [-0.05, 0) is 37.7 Å². The maximum atomic E-state index is 12.6. The Balaban J connectivity index is 1.81. The highest BCUT2D eigenvalue weighted by molar-refractivity contribution is 6.04. The molecule has 1 aromatic heterocycles. The Morgan fingerprint density at radius 2 is 1.95 bits per heavy atom. The van der Waals surface area contributed by atoms with Crippen LogP contribution in [0, 0.1) is 5.92 Å². The Bertz CT molecular complexity index is 611. The van der Waals surface area contributed by atoms with Gasteiger partial charge in [0.25, 0.3) is 5.91 Å². The number of fused-ring (bicyclic) bond motifs is 1. The highest BCUT2D eigenvalue weighted by Crippen LogP contribution is 2.27. The van der Waals surface area contributed by atoms with E-state index in [1.807, 2.05) is 36.2 Å². The van der Waals surface area contributed by atoms with Crippen LogP contribution in [0.15, 0.2) is 24.3 Å². The molecule has 1 heterocycles. The van der Waals surface area contributed by atoms with E-state index in [1.54, 1.807) is 0 Å². The van der Waals surface area contributed by atoms with Gasteiger partial charge in [0.2, 0.25) is 0 Å². The Morgan fingerprint density at radius 3 is 2.70 bits per heavy atom. The lowest BCUT2D eigenvalue weighted by molar-refractivity contribution is 0.0675. The van der Waals surface area contributed by atoms with Crippen molar-refractivity contribution < 1.29 is 4.79 Å². The molecule has 1 fully saturated rings. The Kier molecular flexibility index (Phi) is 3.47. The summed E-state index contributed by atoms with van der Waals surface area (Å²) in [5.41, 5.74) is 1.46. The van der Waals surface area contributed by atoms with Gasteiger partial charge in [-0.25, -0.2) is 0 Å². The number of rotatable bonds is 2. The molecule has 0 unspecified atom stereocenters. The van der Waals surface area contributed by atoms with Crippen LogP contribution in [0.25, 0.3) is 10.9 Å². The number of amides is 1. The number of benzene rings is 1. The van der Waals surface area contributed by atoms with Gasteiger partial charge in [0, 0.05) is 18.5 Å². The summed E-state index contributed by atoms with van der Waals surface area (Å²) in [5, 5.41) is 8.06. The highest BCUT2D eigenvalue weighted by Gasteiger charge is 2.27. The Hall–Kier alpha value is -1.84. The SMILES string of the molecule is CC1CCC(N(C)C(=O)c2n[nH]c3ccccc23)CC1. The number of nitrogens with zero attached hydrogens (tertiary/aromatic N) is 2. The highest BCUT2D eigenvalue weighted by atomic mass is 16.2. The second kappa shape index (κ2) is 5.27. The van der Waals surface area contributed by atoms with E-state index in [0.29, 0.717) is 11.7 Å². The average molecular weight is 271 g/mol. The molecule has 4 nitrogen and oxygen atoms in total. The van der Waals surface area contributed by atoms with Crippen LogP contribution in [-0.4, -0.2) is 34.1 Å². The van der Waals surface area contributed by atoms with Gasteiger partial charge >= 0.3 is 0 Å². The summed E-state index contributed by atoms with van der Waals surface area (Å²) < 4.78 is 0. The van der Waals surface area contributed by atoms with Crippen LogP contribution in [0.2, 0.25) is 0 Å². The first kappa shape index (κ1) is 13.2. The van der Waals surface area contributed by atoms with Crippen LogP contribution >= 0.6 is 0 Å². The molecule has 1 aliphatic carbocycles. The summed E-state index contributed by atoms with van der Waals surface area (Å²) in [6.45, 7) is 2.29. The van der Waals surface area contributed by atoms with E-state index in [4.69, 9.17) is 0 Å². The van der Waals surface area contributed by atoms with E-state index in [-0.39, 0.29) is 5.91 Å². The first-order valence-corrected chi connectivity index (χ1v) is 7.37. The summed E-state index contributed by atoms with van der Waals surface area (Å²) in [6.07, 6.45) is 4.63. The Labute approximate surface area is 119 Å². The number of aromatic nitrogens is 2. The lowest BCUT2D eigenvalue weighted by Crippen LogP contribution is -2.39. The van der Waals surface area contributed by atoms with Gasteiger partial charge in [0.15, 0.2) is 5.69 Å². The van der Waals surface area contributed by atoms with Crippen LogP contribution in [0.4, 0.5) is 0 Å². The number of nitrogens with one attached hydrogen (secondary N) is 1. The van der Waals surface area contributed by atoms with E-state index in [9.17, 15) is 4.79 Å². The number of aromatic amines is 1. The van der Waals surface area contributed by atoms with E-state index in [0.717, 1.165) is 29.7 Å². The molecule has 0 spiro atoms. The van der Waals surface area contributed by atoms with Gasteiger partial charge in [-0.1, -0.05) is 25.1 Å². The number of hydrogen-bond donors (Lipinski definition) is 1. The molecular formula is C16H21N3O. The molecule has 1 aliphatic rings. The van der Waals surface area contributed by atoms with Crippen molar-refractivity contribution in [1.82, 2.24) is 15.1 Å². The molecule has 1 saturated carbocycles. The molecule has 1 N–H and O–H groups in total. The molecule has 4 heteroatoms. The molecular weight excluding hydrogens is 250 g/mol. The third kappa shape index (κ3) is 2.30. The maximum Gasteiger partial charge on any atom is 0.274 e. The predicted octanol–water partition coefficient (Wildman–Crippen LogP) is 3.21. The number of carbonyl (C=O) groups excluding carboxylic acids is 1. The van der Waals surface area contributed by atoms with Crippen molar-refractivity contribution in [2.75, 3.05) is 7.05 Å². The lowest BCUT2D eigenvalue weighted by atomic mass is 9.86. The molecule has 1 amide bonds. The fourth-order valence-electron chi connectivity index (χ4n) is 3.09. The summed E-state index contributed by atoms with van der Waals surface area (Å²) in [7, 11) is 1.91. The van der Waals surface area contributed by atoms with Crippen LogP contribution < -0.4 is 0 Å². The first-order valence-electron chi connectivity index (χ1n) is 7.37. The van der Waals surface area contributed by atoms with Crippen molar-refractivity contribution in [1.29, 1.82) is 0 Å². The normalized spacial score (nSPS) is 22.9. The molecule has 3 rings (SSSR count). The number of carbonyl (C=O) groups is 1. The van der Waals surface area contributed by atoms with Crippen molar-refractivity contribution in [2.45, 2.75) is 38.6 Å². The molecule has 106 valence electrons. The number of hydrogen-bond acceptors (Lipinski definition) is 2. The minimum atomic E-state index is 0.0296. The zero-order chi connectivity index (χ0) is 14.1. The zero-order valence-electron chi connectivity index (χ0n) is 12.1. The minimum absolute atomic E-state index is 0.0296. The number of H-pyrrole nitrogens is 1. The third-order valence-corrected chi connectivity index (χ3v) is 4.53. The lowest BCUT2D eigenvalue weighted by Gasteiger charge is -2.33. The van der Waals surface area contributed by atoms with E-state index in [1.165, 1.54) is 12.8 Å². The van der Waals surface area contributed by atoms with Crippen LogP contribution in [0.5, 0.6) is 0 Å². The second-order valence-corrected chi connectivity index (χ2v) is 5.95. The fourth-order valence-corrected chi connectivity index (χ4v) is 3.09. The molecule has 20 heavy (non-hydrogen) atoms. The largest absolute Gasteiger partial charge is 0.337 e. The molecule has 2 aromatic rings. The monoisotopic (exact) mass is 271 g/mol. The van der Waals surface area contributed by atoms with E-state index < -0.39 is 0 Å². The van der Waals surface area contributed by atoms with Gasteiger partial charge in [-0.3, -0.25) is 9.89 Å². The average Bonchev–Trinajstić information content (AvgIpc) is 2.90. The van der Waals surface area contributed by atoms with E-state index >= 15 is 0 Å². The topological polar surface area (TPSA) is 49.0 Å². The summed E-state index contributed by atoms with van der Waals surface area (Å²) in [6, 6.07) is 8.14. The second-order valence-electron chi connectivity index (χ2n) is 5.95. The van der Waals surface area contributed by atoms with Crippen molar-refractivity contribution in [2.24, 2.45) is 5.92 Å². The van der Waals surface area contributed by atoms with Crippen molar-refractivity contribution in [3.05, 3.63) is 30.0 Å². The predicted molar refractivity (Wildman–Crippen MR) is 79.6 cm³/mol. The van der Waals surface area contributed by atoms with Crippen LogP contribution in [-0.2, 0) is 0 Å². The van der Waals surface area contributed by atoms with Gasteiger partial charge in [-0.15, -0.1) is 0 Å².